The fraction of sp³-hybridized carbons (Fsp3) is 0.130. The molecule has 1 unspecified atom stereocenters. The van der Waals surface area contributed by atoms with Crippen LogP contribution in [0.4, 0.5) is 15.8 Å². The molecule has 0 radical (unpaired) electrons. The fourth-order valence-electron chi connectivity index (χ4n) is 2.69. The SMILES string of the molecule is CC(Sc1ccc(NC(=O)Cc2ccc(Cl)cc2)cc1)C(=O)Nc1ccc(F)c(Cl)c1. The second kappa shape index (κ2) is 10.7. The summed E-state index contributed by atoms with van der Waals surface area (Å²) in [6.07, 6.45) is 0.248. The van der Waals surface area contributed by atoms with Gasteiger partial charge in [0.1, 0.15) is 5.82 Å². The number of nitrogens with one attached hydrogen (secondary N) is 2. The summed E-state index contributed by atoms with van der Waals surface area (Å²) in [5.74, 6) is -0.899. The number of benzene rings is 3. The van der Waals surface area contributed by atoms with E-state index in [2.05, 4.69) is 10.6 Å². The van der Waals surface area contributed by atoms with Crippen molar-refractivity contribution >= 4 is 58.2 Å². The topological polar surface area (TPSA) is 58.2 Å². The van der Waals surface area contributed by atoms with Crippen LogP contribution < -0.4 is 10.6 Å². The van der Waals surface area contributed by atoms with E-state index in [-0.39, 0.29) is 23.3 Å². The van der Waals surface area contributed by atoms with E-state index >= 15 is 0 Å². The van der Waals surface area contributed by atoms with Crippen LogP contribution in [-0.2, 0) is 16.0 Å². The van der Waals surface area contributed by atoms with Gasteiger partial charge in [0.15, 0.2) is 0 Å². The van der Waals surface area contributed by atoms with Crippen molar-refractivity contribution < 1.29 is 14.0 Å². The van der Waals surface area contributed by atoms with Gasteiger partial charge in [-0.15, -0.1) is 11.8 Å². The second-order valence-corrected chi connectivity index (χ2v) is 9.01. The van der Waals surface area contributed by atoms with Gasteiger partial charge in [0.05, 0.1) is 16.7 Å². The maximum absolute atomic E-state index is 13.2. The third-order valence-corrected chi connectivity index (χ3v) is 5.94. The molecular formula is C23H19Cl2FN2O2S. The zero-order valence-electron chi connectivity index (χ0n) is 16.5. The highest BCUT2D eigenvalue weighted by Crippen LogP contribution is 2.26. The van der Waals surface area contributed by atoms with Crippen LogP contribution in [0.25, 0.3) is 0 Å². The lowest BCUT2D eigenvalue weighted by Crippen LogP contribution is -2.22. The normalized spacial score (nSPS) is 11.6. The molecule has 0 aromatic heterocycles. The number of halogens is 3. The zero-order chi connectivity index (χ0) is 22.4. The molecule has 0 spiro atoms. The molecule has 0 heterocycles. The Kier molecular flexibility index (Phi) is 7.96. The van der Waals surface area contributed by atoms with Crippen LogP contribution in [0.15, 0.2) is 71.6 Å². The Hall–Kier alpha value is -2.54. The Bertz CT molecular complexity index is 1080. The minimum absolute atomic E-state index is 0.0493. The number of hydrogen-bond acceptors (Lipinski definition) is 3. The molecule has 4 nitrogen and oxygen atoms in total. The lowest BCUT2D eigenvalue weighted by atomic mass is 10.1. The molecule has 0 bridgehead atoms. The number of thioether (sulfide) groups is 1. The predicted molar refractivity (Wildman–Crippen MR) is 126 cm³/mol. The van der Waals surface area contributed by atoms with E-state index in [4.69, 9.17) is 23.2 Å². The summed E-state index contributed by atoms with van der Waals surface area (Å²) < 4.78 is 13.2. The number of rotatable bonds is 7. The molecule has 0 saturated heterocycles. The van der Waals surface area contributed by atoms with Crippen LogP contribution in [-0.4, -0.2) is 17.1 Å². The number of carbonyl (C=O) groups is 2. The summed E-state index contributed by atoms with van der Waals surface area (Å²) in [5.41, 5.74) is 1.97. The van der Waals surface area contributed by atoms with Crippen LogP contribution in [0.5, 0.6) is 0 Å². The number of amides is 2. The molecule has 31 heavy (non-hydrogen) atoms. The molecule has 2 amide bonds. The molecule has 3 rings (SSSR count). The fourth-order valence-corrected chi connectivity index (χ4v) is 3.86. The van der Waals surface area contributed by atoms with Crippen molar-refractivity contribution in [2.75, 3.05) is 10.6 Å². The first-order chi connectivity index (χ1) is 14.8. The molecule has 0 aliphatic rings. The largest absolute Gasteiger partial charge is 0.326 e. The molecule has 0 aliphatic heterocycles. The summed E-state index contributed by atoms with van der Waals surface area (Å²) in [6.45, 7) is 1.77. The molecule has 1 atom stereocenters. The van der Waals surface area contributed by atoms with Gasteiger partial charge in [-0.05, 0) is 67.1 Å². The highest BCUT2D eigenvalue weighted by Gasteiger charge is 2.15. The van der Waals surface area contributed by atoms with Gasteiger partial charge in [-0.3, -0.25) is 9.59 Å². The van der Waals surface area contributed by atoms with Crippen molar-refractivity contribution in [2.24, 2.45) is 0 Å². The Morgan fingerprint density at radius 1 is 0.935 bits per heavy atom. The third kappa shape index (κ3) is 6.99. The summed E-state index contributed by atoms with van der Waals surface area (Å²) in [6, 6.07) is 18.4. The lowest BCUT2D eigenvalue weighted by molar-refractivity contribution is -0.116. The maximum atomic E-state index is 13.2. The predicted octanol–water partition coefficient (Wildman–Crippen LogP) is 6.43. The number of hydrogen-bond donors (Lipinski definition) is 2. The molecule has 8 heteroatoms. The summed E-state index contributed by atoms with van der Waals surface area (Å²) in [5, 5.41) is 5.75. The summed E-state index contributed by atoms with van der Waals surface area (Å²) >= 11 is 13.0. The minimum Gasteiger partial charge on any atom is -0.326 e. The van der Waals surface area contributed by atoms with Crippen LogP contribution in [0, 0.1) is 5.82 Å². The van der Waals surface area contributed by atoms with E-state index in [0.717, 1.165) is 10.5 Å². The van der Waals surface area contributed by atoms with E-state index in [1.165, 1.54) is 30.0 Å². The van der Waals surface area contributed by atoms with Gasteiger partial charge in [-0.1, -0.05) is 35.3 Å². The van der Waals surface area contributed by atoms with Crippen molar-refractivity contribution in [3.05, 3.63) is 88.2 Å². The van der Waals surface area contributed by atoms with E-state index in [0.29, 0.717) is 16.4 Å². The van der Waals surface area contributed by atoms with Crippen molar-refractivity contribution in [1.29, 1.82) is 0 Å². The van der Waals surface area contributed by atoms with E-state index < -0.39 is 11.1 Å². The smallest absolute Gasteiger partial charge is 0.237 e. The van der Waals surface area contributed by atoms with Gasteiger partial charge in [0.25, 0.3) is 0 Å². The average molecular weight is 477 g/mol. The quantitative estimate of drug-likeness (QED) is 0.386. The Morgan fingerprint density at radius 3 is 2.23 bits per heavy atom. The van der Waals surface area contributed by atoms with Crippen LogP contribution in [0.3, 0.4) is 0 Å². The first-order valence-electron chi connectivity index (χ1n) is 9.37. The van der Waals surface area contributed by atoms with Gasteiger partial charge in [0.2, 0.25) is 11.8 Å². The first kappa shape index (κ1) is 23.1. The van der Waals surface area contributed by atoms with Gasteiger partial charge in [0, 0.05) is 21.3 Å². The summed E-state index contributed by atoms with van der Waals surface area (Å²) in [4.78, 5) is 25.5. The Labute approximate surface area is 194 Å². The minimum atomic E-state index is -0.539. The average Bonchev–Trinajstić information content (AvgIpc) is 2.74. The highest BCUT2D eigenvalue weighted by atomic mass is 35.5. The molecule has 0 saturated carbocycles. The van der Waals surface area contributed by atoms with E-state index in [1.54, 1.807) is 31.2 Å². The molecule has 0 fully saturated rings. The zero-order valence-corrected chi connectivity index (χ0v) is 18.8. The Balaban J connectivity index is 1.51. The molecule has 3 aromatic carbocycles. The van der Waals surface area contributed by atoms with Gasteiger partial charge in [-0.2, -0.15) is 0 Å². The van der Waals surface area contributed by atoms with Gasteiger partial charge < -0.3 is 10.6 Å². The standard InChI is InChI=1S/C23H19Cl2FN2O2S/c1-14(23(30)28-18-8-11-21(26)20(25)13-18)31-19-9-6-17(7-10-19)27-22(29)12-15-2-4-16(24)5-3-15/h2-11,13-14H,12H2,1H3,(H,27,29)(H,28,30). The van der Waals surface area contributed by atoms with Crippen molar-refractivity contribution in [3.63, 3.8) is 0 Å². The molecule has 0 aliphatic carbocycles. The summed E-state index contributed by atoms with van der Waals surface area (Å²) in [7, 11) is 0. The molecule has 3 aromatic rings. The maximum Gasteiger partial charge on any atom is 0.237 e. The highest BCUT2D eigenvalue weighted by molar-refractivity contribution is 8.00. The van der Waals surface area contributed by atoms with Crippen LogP contribution in [0.2, 0.25) is 10.0 Å². The number of carbonyl (C=O) groups excluding carboxylic acids is 2. The van der Waals surface area contributed by atoms with Gasteiger partial charge >= 0.3 is 0 Å². The second-order valence-electron chi connectivity index (χ2n) is 6.75. The molecular weight excluding hydrogens is 458 g/mol. The van der Waals surface area contributed by atoms with Crippen molar-refractivity contribution in [2.45, 2.75) is 23.5 Å². The molecule has 160 valence electrons. The first-order valence-corrected chi connectivity index (χ1v) is 11.0. The third-order valence-electron chi connectivity index (χ3n) is 4.29. The Morgan fingerprint density at radius 2 is 1.58 bits per heavy atom. The monoisotopic (exact) mass is 476 g/mol. The van der Waals surface area contributed by atoms with Crippen LogP contribution in [0.1, 0.15) is 12.5 Å². The van der Waals surface area contributed by atoms with Crippen LogP contribution >= 0.6 is 35.0 Å². The molecule has 2 N–H and O–H groups in total. The van der Waals surface area contributed by atoms with E-state index in [9.17, 15) is 14.0 Å². The van der Waals surface area contributed by atoms with E-state index in [1.807, 2.05) is 24.3 Å². The van der Waals surface area contributed by atoms with Crippen molar-refractivity contribution in [1.82, 2.24) is 0 Å². The number of anilines is 2. The lowest BCUT2D eigenvalue weighted by Gasteiger charge is -2.13. The van der Waals surface area contributed by atoms with Crippen molar-refractivity contribution in [3.8, 4) is 0 Å². The van der Waals surface area contributed by atoms with Gasteiger partial charge in [-0.25, -0.2) is 4.39 Å².